The van der Waals surface area contributed by atoms with Crippen LogP contribution in [0, 0.1) is 0 Å². The number of pyridine rings is 1. The van der Waals surface area contributed by atoms with Crippen molar-refractivity contribution in [3.8, 4) is 0 Å². The maximum atomic E-state index is 10.2. The van der Waals surface area contributed by atoms with E-state index in [9.17, 15) is 9.90 Å². The van der Waals surface area contributed by atoms with Crippen molar-refractivity contribution in [2.75, 3.05) is 19.0 Å². The van der Waals surface area contributed by atoms with Gasteiger partial charge in [0.1, 0.15) is 5.97 Å². The summed E-state index contributed by atoms with van der Waals surface area (Å²) in [7, 11) is 3.86. The number of carbonyl (C=O) groups excluding carboxylic acids is 1. The average molecular weight is 180 g/mol. The summed E-state index contributed by atoms with van der Waals surface area (Å²) in [6.45, 7) is -0.103. The summed E-state index contributed by atoms with van der Waals surface area (Å²) in [5.41, 5.74) is 1.04. The van der Waals surface area contributed by atoms with Gasteiger partial charge in [-0.1, -0.05) is 0 Å². The van der Waals surface area contributed by atoms with Gasteiger partial charge >= 0.3 is 0 Å². The summed E-state index contributed by atoms with van der Waals surface area (Å²) < 4.78 is 1.56. The van der Waals surface area contributed by atoms with E-state index < -0.39 is 5.97 Å². The molecule has 0 aromatic carbocycles. The van der Waals surface area contributed by atoms with Gasteiger partial charge in [-0.25, -0.2) is 0 Å². The molecule has 0 saturated carbocycles. The molecule has 0 unspecified atom stereocenters. The van der Waals surface area contributed by atoms with Crippen molar-refractivity contribution in [1.82, 2.24) is 0 Å². The molecule has 1 aromatic heterocycles. The second-order valence-electron chi connectivity index (χ2n) is 3.00. The summed E-state index contributed by atoms with van der Waals surface area (Å²) in [6, 6.07) is 3.70. The van der Waals surface area contributed by atoms with Crippen LogP contribution < -0.4 is 14.6 Å². The molecule has 1 rings (SSSR count). The lowest BCUT2D eigenvalue weighted by Gasteiger charge is -2.10. The molecule has 0 amide bonds. The third-order valence-electron chi connectivity index (χ3n) is 1.70. The zero-order valence-electron chi connectivity index (χ0n) is 7.73. The number of carboxylic acid groups (broad SMARTS) is 1. The van der Waals surface area contributed by atoms with E-state index in [2.05, 4.69) is 0 Å². The van der Waals surface area contributed by atoms with E-state index >= 15 is 0 Å². The number of aromatic nitrogens is 1. The lowest BCUT2D eigenvalue weighted by atomic mass is 10.4. The van der Waals surface area contributed by atoms with Crippen LogP contribution in [0.15, 0.2) is 24.5 Å². The summed E-state index contributed by atoms with van der Waals surface area (Å²) in [4.78, 5) is 12.2. The standard InChI is InChI=1S/C9H12N2O2/c1-10(2)8-3-5-11(6-4-8)7-9(12)13/h3-6H,7H2,1-2H3. The fourth-order valence-electron chi connectivity index (χ4n) is 1.00. The Morgan fingerprint density at radius 2 is 2.00 bits per heavy atom. The Morgan fingerprint density at radius 1 is 1.46 bits per heavy atom. The van der Waals surface area contributed by atoms with Gasteiger partial charge in [-0.3, -0.25) is 0 Å². The molecular weight excluding hydrogens is 168 g/mol. The van der Waals surface area contributed by atoms with E-state index in [-0.39, 0.29) is 6.54 Å². The number of aliphatic carboxylic acids is 1. The molecule has 0 aliphatic rings. The van der Waals surface area contributed by atoms with Crippen LogP contribution in [0.3, 0.4) is 0 Å². The minimum absolute atomic E-state index is 0.103. The number of nitrogens with zero attached hydrogens (tertiary/aromatic N) is 2. The van der Waals surface area contributed by atoms with Crippen molar-refractivity contribution in [2.45, 2.75) is 6.54 Å². The fourth-order valence-corrected chi connectivity index (χ4v) is 1.00. The molecule has 0 saturated heterocycles. The summed E-state index contributed by atoms with van der Waals surface area (Å²) in [5.74, 6) is -1.08. The first-order valence-corrected chi connectivity index (χ1v) is 3.96. The zero-order chi connectivity index (χ0) is 9.84. The van der Waals surface area contributed by atoms with Gasteiger partial charge in [-0.15, -0.1) is 0 Å². The van der Waals surface area contributed by atoms with Crippen LogP contribution in [-0.4, -0.2) is 20.1 Å². The highest BCUT2D eigenvalue weighted by Crippen LogP contribution is 2.05. The Bertz CT molecular complexity index is 293. The van der Waals surface area contributed by atoms with Gasteiger partial charge in [-0.05, 0) is 0 Å². The highest BCUT2D eigenvalue weighted by molar-refractivity contribution is 5.62. The molecular formula is C9H12N2O2. The Kier molecular flexibility index (Phi) is 2.84. The topological polar surface area (TPSA) is 47.2 Å². The maximum absolute atomic E-state index is 10.2. The highest BCUT2D eigenvalue weighted by atomic mass is 16.4. The molecule has 0 fully saturated rings. The smallest absolute Gasteiger partial charge is 0.187 e. The van der Waals surface area contributed by atoms with Crippen LogP contribution in [-0.2, 0) is 11.3 Å². The largest absolute Gasteiger partial charge is 0.544 e. The van der Waals surface area contributed by atoms with Crippen molar-refractivity contribution in [3.63, 3.8) is 0 Å². The van der Waals surface area contributed by atoms with Gasteiger partial charge in [0.05, 0.1) is 0 Å². The number of hydrogen-bond donors (Lipinski definition) is 0. The lowest BCUT2D eigenvalue weighted by molar-refractivity contribution is -0.690. The van der Waals surface area contributed by atoms with Gasteiger partial charge in [0, 0.05) is 31.9 Å². The van der Waals surface area contributed by atoms with Crippen molar-refractivity contribution in [1.29, 1.82) is 0 Å². The Labute approximate surface area is 77.0 Å². The summed E-state index contributed by atoms with van der Waals surface area (Å²) >= 11 is 0. The minimum Gasteiger partial charge on any atom is -0.544 e. The van der Waals surface area contributed by atoms with Gasteiger partial charge in [0.25, 0.3) is 0 Å². The zero-order valence-corrected chi connectivity index (χ0v) is 7.73. The van der Waals surface area contributed by atoms with E-state index in [1.54, 1.807) is 17.0 Å². The number of anilines is 1. The number of hydrogen-bond acceptors (Lipinski definition) is 3. The van der Waals surface area contributed by atoms with Gasteiger partial charge in [0.15, 0.2) is 18.9 Å². The minimum atomic E-state index is -1.08. The fraction of sp³-hybridized carbons (Fsp3) is 0.333. The first kappa shape index (κ1) is 9.51. The first-order valence-electron chi connectivity index (χ1n) is 3.96. The maximum Gasteiger partial charge on any atom is 0.187 e. The molecule has 0 aliphatic heterocycles. The molecule has 0 bridgehead atoms. The molecule has 0 N–H and O–H groups in total. The van der Waals surface area contributed by atoms with E-state index in [1.807, 2.05) is 31.1 Å². The van der Waals surface area contributed by atoms with Crippen LogP contribution in [0.2, 0.25) is 0 Å². The summed E-state index contributed by atoms with van der Waals surface area (Å²) in [5, 5.41) is 10.2. The number of carbonyl (C=O) groups is 1. The molecule has 4 nitrogen and oxygen atoms in total. The monoisotopic (exact) mass is 180 g/mol. The van der Waals surface area contributed by atoms with E-state index in [0.29, 0.717) is 0 Å². The Balaban J connectivity index is 2.75. The van der Waals surface area contributed by atoms with E-state index in [1.165, 1.54) is 0 Å². The molecule has 1 heterocycles. The van der Waals surface area contributed by atoms with Gasteiger partial charge in [-0.2, -0.15) is 4.57 Å². The Morgan fingerprint density at radius 3 is 2.38 bits per heavy atom. The normalized spacial score (nSPS) is 9.69. The molecule has 1 aromatic rings. The van der Waals surface area contributed by atoms with Crippen LogP contribution in [0.5, 0.6) is 0 Å². The molecule has 0 spiro atoms. The second kappa shape index (κ2) is 3.89. The Hall–Kier alpha value is -1.58. The van der Waals surface area contributed by atoms with E-state index in [4.69, 9.17) is 0 Å². The molecule has 0 atom stereocenters. The van der Waals surface area contributed by atoms with Gasteiger partial charge < -0.3 is 14.8 Å². The SMILES string of the molecule is CN(C)c1cc[n+](CC(=O)[O-])cc1. The third-order valence-corrected chi connectivity index (χ3v) is 1.70. The number of carboxylic acids is 1. The lowest BCUT2D eigenvalue weighted by Crippen LogP contribution is -2.43. The highest BCUT2D eigenvalue weighted by Gasteiger charge is 2.01. The quantitative estimate of drug-likeness (QED) is 0.548. The van der Waals surface area contributed by atoms with Gasteiger partial charge in [0.2, 0.25) is 0 Å². The molecule has 4 heteroatoms. The van der Waals surface area contributed by atoms with Crippen molar-refractivity contribution in [3.05, 3.63) is 24.5 Å². The molecule has 13 heavy (non-hydrogen) atoms. The van der Waals surface area contributed by atoms with Crippen molar-refractivity contribution in [2.24, 2.45) is 0 Å². The number of rotatable bonds is 3. The van der Waals surface area contributed by atoms with E-state index in [0.717, 1.165) is 5.69 Å². The third kappa shape index (κ3) is 2.74. The van der Waals surface area contributed by atoms with Crippen LogP contribution in [0.1, 0.15) is 0 Å². The predicted octanol–water partition coefficient (Wildman–Crippen LogP) is -1.21. The van der Waals surface area contributed by atoms with Crippen molar-refractivity contribution >= 4 is 11.7 Å². The summed E-state index contributed by atoms with van der Waals surface area (Å²) in [6.07, 6.45) is 3.43. The second-order valence-corrected chi connectivity index (χ2v) is 3.00. The van der Waals surface area contributed by atoms with Crippen LogP contribution in [0.4, 0.5) is 5.69 Å². The van der Waals surface area contributed by atoms with Crippen LogP contribution >= 0.6 is 0 Å². The average Bonchev–Trinajstić information content (AvgIpc) is 2.04. The van der Waals surface area contributed by atoms with Crippen molar-refractivity contribution < 1.29 is 14.5 Å². The van der Waals surface area contributed by atoms with Crippen LogP contribution in [0.25, 0.3) is 0 Å². The molecule has 0 aliphatic carbocycles. The molecule has 0 radical (unpaired) electrons. The first-order chi connectivity index (χ1) is 6.09. The molecule has 70 valence electrons. The predicted molar refractivity (Wildman–Crippen MR) is 46.0 cm³/mol.